The van der Waals surface area contributed by atoms with E-state index in [1.54, 1.807) is 14.2 Å². The monoisotopic (exact) mass is 371 g/mol. The second-order valence-electron chi connectivity index (χ2n) is 6.18. The van der Waals surface area contributed by atoms with Crippen LogP contribution in [0.1, 0.15) is 18.1 Å². The standard InChI is InChI=1S/C22H29NO4/c1-4-5-18-8-11-21(22(14-18)26-3)27-16-19(24)15-23-13-12-17-6-9-20(25-2)10-7-17/h4-11,14,19,23-24H,12-13,15-16H2,1-3H3/b5-4+. The lowest BCUT2D eigenvalue weighted by atomic mass is 10.1. The molecule has 2 N–H and O–H groups in total. The molecule has 27 heavy (non-hydrogen) atoms. The number of aliphatic hydroxyl groups is 1. The van der Waals surface area contributed by atoms with Crippen molar-refractivity contribution in [3.8, 4) is 17.2 Å². The van der Waals surface area contributed by atoms with Crippen LogP contribution in [0.5, 0.6) is 17.2 Å². The Morgan fingerprint density at radius 2 is 1.81 bits per heavy atom. The quantitative estimate of drug-likeness (QED) is 0.594. The highest BCUT2D eigenvalue weighted by molar-refractivity contribution is 5.55. The molecule has 0 fully saturated rings. The fraction of sp³-hybridized carbons (Fsp3) is 0.364. The van der Waals surface area contributed by atoms with Gasteiger partial charge in [0.25, 0.3) is 0 Å². The summed E-state index contributed by atoms with van der Waals surface area (Å²) in [4.78, 5) is 0. The van der Waals surface area contributed by atoms with Crippen LogP contribution >= 0.6 is 0 Å². The Morgan fingerprint density at radius 1 is 1.04 bits per heavy atom. The van der Waals surface area contributed by atoms with Gasteiger partial charge in [0.05, 0.1) is 14.2 Å². The van der Waals surface area contributed by atoms with E-state index in [0.29, 0.717) is 18.0 Å². The van der Waals surface area contributed by atoms with Crippen LogP contribution in [-0.2, 0) is 6.42 Å². The van der Waals surface area contributed by atoms with E-state index >= 15 is 0 Å². The summed E-state index contributed by atoms with van der Waals surface area (Å²) in [6, 6.07) is 13.7. The maximum Gasteiger partial charge on any atom is 0.161 e. The summed E-state index contributed by atoms with van der Waals surface area (Å²) in [7, 11) is 3.27. The van der Waals surface area contributed by atoms with Crippen LogP contribution in [0.2, 0.25) is 0 Å². The van der Waals surface area contributed by atoms with Crippen molar-refractivity contribution < 1.29 is 19.3 Å². The fourth-order valence-electron chi connectivity index (χ4n) is 2.64. The van der Waals surface area contributed by atoms with E-state index in [1.165, 1.54) is 5.56 Å². The molecule has 0 heterocycles. The van der Waals surface area contributed by atoms with E-state index in [2.05, 4.69) is 5.32 Å². The predicted octanol–water partition coefficient (Wildman–Crippen LogP) is 3.31. The Bertz CT molecular complexity index is 713. The lowest BCUT2D eigenvalue weighted by Crippen LogP contribution is -2.32. The lowest BCUT2D eigenvalue weighted by molar-refractivity contribution is 0.105. The average Bonchev–Trinajstić information content (AvgIpc) is 2.70. The van der Waals surface area contributed by atoms with E-state index < -0.39 is 6.10 Å². The largest absolute Gasteiger partial charge is 0.497 e. The molecule has 0 radical (unpaired) electrons. The molecular formula is C22H29NO4. The van der Waals surface area contributed by atoms with Gasteiger partial charge < -0.3 is 24.6 Å². The maximum absolute atomic E-state index is 10.1. The minimum absolute atomic E-state index is 0.203. The van der Waals surface area contributed by atoms with Gasteiger partial charge in [-0.15, -0.1) is 0 Å². The third-order valence-corrected chi connectivity index (χ3v) is 4.11. The molecule has 0 aliphatic rings. The molecule has 0 spiro atoms. The summed E-state index contributed by atoms with van der Waals surface area (Å²) in [5.74, 6) is 2.14. The molecule has 0 aliphatic carbocycles. The summed E-state index contributed by atoms with van der Waals surface area (Å²) in [5.41, 5.74) is 2.27. The van der Waals surface area contributed by atoms with Gasteiger partial charge in [0, 0.05) is 6.54 Å². The molecule has 1 atom stereocenters. The van der Waals surface area contributed by atoms with Crippen molar-refractivity contribution in [1.82, 2.24) is 5.32 Å². The van der Waals surface area contributed by atoms with Crippen molar-refractivity contribution in [2.75, 3.05) is 33.9 Å². The molecule has 0 amide bonds. The van der Waals surface area contributed by atoms with Gasteiger partial charge in [0.2, 0.25) is 0 Å². The van der Waals surface area contributed by atoms with Crippen molar-refractivity contribution in [3.05, 3.63) is 59.7 Å². The van der Waals surface area contributed by atoms with Crippen molar-refractivity contribution in [3.63, 3.8) is 0 Å². The molecule has 2 aromatic rings. The number of hydrogen-bond donors (Lipinski definition) is 2. The highest BCUT2D eigenvalue weighted by Crippen LogP contribution is 2.28. The first-order chi connectivity index (χ1) is 13.2. The maximum atomic E-state index is 10.1. The van der Waals surface area contributed by atoms with Crippen LogP contribution < -0.4 is 19.5 Å². The molecule has 0 aromatic heterocycles. The Morgan fingerprint density at radius 3 is 2.48 bits per heavy atom. The topological polar surface area (TPSA) is 60.0 Å². The van der Waals surface area contributed by atoms with Gasteiger partial charge in [0.1, 0.15) is 18.5 Å². The zero-order valence-electron chi connectivity index (χ0n) is 16.3. The van der Waals surface area contributed by atoms with Gasteiger partial charge in [-0.3, -0.25) is 0 Å². The van der Waals surface area contributed by atoms with Crippen LogP contribution in [-0.4, -0.2) is 45.1 Å². The Balaban J connectivity index is 1.71. The van der Waals surface area contributed by atoms with Crippen LogP contribution in [0, 0.1) is 0 Å². The zero-order chi connectivity index (χ0) is 19.5. The molecule has 0 bridgehead atoms. The number of nitrogens with one attached hydrogen (secondary N) is 1. The normalized spacial score (nSPS) is 12.1. The predicted molar refractivity (Wildman–Crippen MR) is 109 cm³/mol. The molecular weight excluding hydrogens is 342 g/mol. The third-order valence-electron chi connectivity index (χ3n) is 4.11. The van der Waals surface area contributed by atoms with Crippen LogP contribution in [0.4, 0.5) is 0 Å². The van der Waals surface area contributed by atoms with Crippen LogP contribution in [0.15, 0.2) is 48.5 Å². The molecule has 5 heteroatoms. The summed E-state index contributed by atoms with van der Waals surface area (Å²) >= 11 is 0. The second-order valence-corrected chi connectivity index (χ2v) is 6.18. The lowest BCUT2D eigenvalue weighted by Gasteiger charge is -2.15. The average molecular weight is 371 g/mol. The number of allylic oxidation sites excluding steroid dienone is 1. The number of ether oxygens (including phenoxy) is 3. The number of hydrogen-bond acceptors (Lipinski definition) is 5. The summed E-state index contributed by atoms with van der Waals surface area (Å²) < 4.78 is 16.2. The van der Waals surface area contributed by atoms with E-state index in [0.717, 1.165) is 24.3 Å². The van der Waals surface area contributed by atoms with E-state index in [9.17, 15) is 5.11 Å². The van der Waals surface area contributed by atoms with E-state index in [4.69, 9.17) is 14.2 Å². The van der Waals surface area contributed by atoms with Crippen molar-refractivity contribution in [2.24, 2.45) is 0 Å². The highest BCUT2D eigenvalue weighted by atomic mass is 16.5. The second kappa shape index (κ2) is 11.3. The molecule has 2 rings (SSSR count). The Hall–Kier alpha value is -2.50. The number of aliphatic hydroxyl groups excluding tert-OH is 1. The van der Waals surface area contributed by atoms with Crippen molar-refractivity contribution >= 4 is 6.08 Å². The van der Waals surface area contributed by atoms with Gasteiger partial charge >= 0.3 is 0 Å². The van der Waals surface area contributed by atoms with Gasteiger partial charge in [-0.05, 0) is 55.3 Å². The molecule has 2 aromatic carbocycles. The summed E-state index contributed by atoms with van der Waals surface area (Å²) in [5, 5.41) is 13.4. The fourth-order valence-corrected chi connectivity index (χ4v) is 2.64. The smallest absolute Gasteiger partial charge is 0.161 e. The van der Waals surface area contributed by atoms with E-state index in [-0.39, 0.29) is 6.61 Å². The first kappa shape index (κ1) is 20.8. The van der Waals surface area contributed by atoms with Gasteiger partial charge in [-0.25, -0.2) is 0 Å². The molecule has 0 saturated carbocycles. The van der Waals surface area contributed by atoms with Crippen molar-refractivity contribution in [1.29, 1.82) is 0 Å². The van der Waals surface area contributed by atoms with Gasteiger partial charge in [-0.2, -0.15) is 0 Å². The Kier molecular flexibility index (Phi) is 8.68. The number of rotatable bonds is 11. The number of benzene rings is 2. The van der Waals surface area contributed by atoms with E-state index in [1.807, 2.05) is 61.5 Å². The van der Waals surface area contributed by atoms with Crippen molar-refractivity contribution in [2.45, 2.75) is 19.4 Å². The third kappa shape index (κ3) is 6.96. The number of methoxy groups -OCH3 is 2. The minimum atomic E-state index is -0.596. The molecule has 0 aliphatic heterocycles. The van der Waals surface area contributed by atoms with Gasteiger partial charge in [-0.1, -0.05) is 30.4 Å². The van der Waals surface area contributed by atoms with Crippen LogP contribution in [0.25, 0.3) is 6.08 Å². The molecule has 0 saturated heterocycles. The summed E-state index contributed by atoms with van der Waals surface area (Å²) in [6.07, 6.45) is 4.25. The van der Waals surface area contributed by atoms with Crippen LogP contribution in [0.3, 0.4) is 0 Å². The van der Waals surface area contributed by atoms with Gasteiger partial charge in [0.15, 0.2) is 11.5 Å². The molecule has 5 nitrogen and oxygen atoms in total. The first-order valence-electron chi connectivity index (χ1n) is 9.11. The minimum Gasteiger partial charge on any atom is -0.497 e. The Labute approximate surface area is 161 Å². The highest BCUT2D eigenvalue weighted by Gasteiger charge is 2.09. The zero-order valence-corrected chi connectivity index (χ0v) is 16.3. The first-order valence-corrected chi connectivity index (χ1v) is 9.11. The molecule has 146 valence electrons. The molecule has 1 unspecified atom stereocenters. The SMILES string of the molecule is C/C=C/c1ccc(OCC(O)CNCCc2ccc(OC)cc2)c(OC)c1. The summed E-state index contributed by atoms with van der Waals surface area (Å²) in [6.45, 7) is 3.42.